The van der Waals surface area contributed by atoms with Gasteiger partial charge >= 0.3 is 12.1 Å². The molecule has 0 radical (unpaired) electrons. The number of aliphatic carboxylic acids is 1. The molecule has 3 atom stereocenters. The van der Waals surface area contributed by atoms with Crippen LogP contribution in [0.2, 0.25) is 0 Å². The van der Waals surface area contributed by atoms with Crippen molar-refractivity contribution in [2.24, 2.45) is 0 Å². The topological polar surface area (TPSA) is 180 Å². The first-order chi connectivity index (χ1) is 22.9. The fourth-order valence-corrected chi connectivity index (χ4v) is 7.69. The molecule has 1 spiro atoms. The lowest BCUT2D eigenvalue weighted by molar-refractivity contribution is -0.139. The SMILES string of the molecule is Cc1cc(C)c(S(=O)(=O)NC(CN(C=O)C2=C[C@]3(CC(CNc4ccccn4)N(C(=O)OCc4ccccc4)C3)ON2)C(=O)O)c(C)c1. The summed E-state index contributed by atoms with van der Waals surface area (Å²) in [7, 11) is -4.28. The molecule has 0 bridgehead atoms. The average molecular weight is 679 g/mol. The van der Waals surface area contributed by atoms with Crippen molar-refractivity contribution < 1.29 is 37.5 Å². The molecule has 1 fully saturated rings. The zero-order chi connectivity index (χ0) is 34.5. The molecular formula is C33H38N6O8S. The molecule has 3 aromatic rings. The number of carbonyl (C=O) groups is 3. The van der Waals surface area contributed by atoms with E-state index in [1.807, 2.05) is 43.3 Å². The maximum Gasteiger partial charge on any atom is 0.410 e. The average Bonchev–Trinajstić information content (AvgIpc) is 3.63. The smallest absolute Gasteiger partial charge is 0.410 e. The van der Waals surface area contributed by atoms with E-state index in [1.165, 1.54) is 4.90 Å². The third-order valence-corrected chi connectivity index (χ3v) is 9.90. The van der Waals surface area contributed by atoms with Crippen LogP contribution in [0.25, 0.3) is 0 Å². The van der Waals surface area contributed by atoms with Crippen LogP contribution in [0.4, 0.5) is 10.6 Å². The van der Waals surface area contributed by atoms with Gasteiger partial charge in [0.05, 0.1) is 24.0 Å². The molecule has 4 N–H and O–H groups in total. The monoisotopic (exact) mass is 678 g/mol. The van der Waals surface area contributed by atoms with Crippen LogP contribution in [-0.4, -0.2) is 84.1 Å². The Hall–Kier alpha value is -4.99. The molecule has 1 saturated heterocycles. The van der Waals surface area contributed by atoms with Crippen LogP contribution in [0.5, 0.6) is 0 Å². The van der Waals surface area contributed by atoms with Crippen LogP contribution >= 0.6 is 0 Å². The van der Waals surface area contributed by atoms with Crippen LogP contribution in [0.1, 0.15) is 28.7 Å². The Bertz CT molecular complexity index is 1770. The Labute approximate surface area is 278 Å². The molecule has 15 heteroatoms. The second-order valence-electron chi connectivity index (χ2n) is 11.9. The van der Waals surface area contributed by atoms with Gasteiger partial charge in [0.2, 0.25) is 16.4 Å². The summed E-state index contributed by atoms with van der Waals surface area (Å²) in [5, 5.41) is 13.2. The maximum atomic E-state index is 13.4. The molecule has 3 heterocycles. The number of aryl methyl sites for hydroxylation is 3. The van der Waals surface area contributed by atoms with Crippen LogP contribution in [0.3, 0.4) is 0 Å². The normalized spacial score (nSPS) is 19.4. The molecular weight excluding hydrogens is 640 g/mol. The summed E-state index contributed by atoms with van der Waals surface area (Å²) in [6.45, 7) is 4.98. The van der Waals surface area contributed by atoms with E-state index in [0.717, 1.165) is 16.0 Å². The van der Waals surface area contributed by atoms with E-state index in [0.29, 0.717) is 29.9 Å². The lowest BCUT2D eigenvalue weighted by Crippen LogP contribution is -2.49. The highest BCUT2D eigenvalue weighted by molar-refractivity contribution is 7.89. The van der Waals surface area contributed by atoms with E-state index < -0.39 is 46.3 Å². The molecule has 2 unspecified atom stereocenters. The van der Waals surface area contributed by atoms with Gasteiger partial charge in [-0.05, 0) is 55.7 Å². The number of hydrogen-bond donors (Lipinski definition) is 4. The number of ether oxygens (including phenoxy) is 1. The van der Waals surface area contributed by atoms with Gasteiger partial charge in [0, 0.05) is 19.2 Å². The van der Waals surface area contributed by atoms with E-state index in [4.69, 9.17) is 9.57 Å². The first kappa shape index (κ1) is 34.3. The van der Waals surface area contributed by atoms with Crippen molar-refractivity contribution in [2.75, 3.05) is 25.0 Å². The third-order valence-electron chi connectivity index (χ3n) is 8.13. The molecule has 1 aromatic heterocycles. The Balaban J connectivity index is 1.33. The molecule has 2 amide bonds. The van der Waals surface area contributed by atoms with Crippen molar-refractivity contribution >= 4 is 34.3 Å². The predicted octanol–water partition coefficient (Wildman–Crippen LogP) is 2.83. The highest BCUT2D eigenvalue weighted by atomic mass is 32.2. The van der Waals surface area contributed by atoms with Gasteiger partial charge in [0.1, 0.15) is 29.9 Å². The molecule has 2 aliphatic rings. The van der Waals surface area contributed by atoms with Gasteiger partial charge in [-0.3, -0.25) is 24.2 Å². The van der Waals surface area contributed by atoms with E-state index in [1.54, 1.807) is 50.4 Å². The van der Waals surface area contributed by atoms with Crippen LogP contribution < -0.4 is 15.5 Å². The maximum absolute atomic E-state index is 13.4. The Kier molecular flexibility index (Phi) is 10.3. The van der Waals surface area contributed by atoms with Gasteiger partial charge in [-0.25, -0.2) is 23.7 Å². The minimum atomic E-state index is -4.28. The fraction of sp³-hybridized carbons (Fsp3) is 0.333. The predicted molar refractivity (Wildman–Crippen MR) is 175 cm³/mol. The number of hydrogen-bond acceptors (Lipinski definition) is 10. The van der Waals surface area contributed by atoms with Crippen LogP contribution in [-0.2, 0) is 35.8 Å². The summed E-state index contributed by atoms with van der Waals surface area (Å²) in [6, 6.07) is 16.0. The van der Waals surface area contributed by atoms with Crippen LogP contribution in [0, 0.1) is 20.8 Å². The second-order valence-corrected chi connectivity index (χ2v) is 13.6. The zero-order valence-electron chi connectivity index (χ0n) is 26.8. The number of carbonyl (C=O) groups excluding carboxylic acids is 2. The van der Waals surface area contributed by atoms with Gasteiger partial charge in [-0.1, -0.05) is 54.1 Å². The molecule has 0 aliphatic carbocycles. The number of rotatable bonds is 13. The first-order valence-electron chi connectivity index (χ1n) is 15.2. The van der Waals surface area contributed by atoms with E-state index in [9.17, 15) is 27.9 Å². The summed E-state index contributed by atoms with van der Waals surface area (Å²) in [4.78, 5) is 50.6. The summed E-state index contributed by atoms with van der Waals surface area (Å²) < 4.78 is 34.6. The molecule has 48 heavy (non-hydrogen) atoms. The Morgan fingerprint density at radius 1 is 1.17 bits per heavy atom. The van der Waals surface area contributed by atoms with Crippen molar-refractivity contribution in [2.45, 2.75) is 56.4 Å². The fourth-order valence-electron chi connectivity index (χ4n) is 6.06. The highest BCUT2D eigenvalue weighted by Crippen LogP contribution is 2.36. The number of likely N-dealkylation sites (tertiary alicyclic amines) is 1. The third kappa shape index (κ3) is 7.93. The second kappa shape index (κ2) is 14.4. The van der Waals surface area contributed by atoms with Crippen molar-refractivity contribution in [1.82, 2.24) is 25.0 Å². The highest BCUT2D eigenvalue weighted by Gasteiger charge is 2.50. The summed E-state index contributed by atoms with van der Waals surface area (Å²) in [5.74, 6) is -0.756. The zero-order valence-corrected chi connectivity index (χ0v) is 27.6. The number of hydroxylamine groups is 1. The molecule has 0 saturated carbocycles. The number of amides is 2. The number of nitrogens with zero attached hydrogens (tertiary/aromatic N) is 3. The largest absolute Gasteiger partial charge is 0.480 e. The minimum absolute atomic E-state index is 0.0203. The van der Waals surface area contributed by atoms with Crippen LogP contribution in [0.15, 0.2) is 83.7 Å². The number of carboxylic acids is 1. The minimum Gasteiger partial charge on any atom is -0.480 e. The van der Waals surface area contributed by atoms with Crippen molar-refractivity contribution in [3.8, 4) is 0 Å². The molecule has 2 aromatic carbocycles. The van der Waals surface area contributed by atoms with Gasteiger partial charge < -0.3 is 15.2 Å². The van der Waals surface area contributed by atoms with Crippen molar-refractivity contribution in [3.05, 3.63) is 101 Å². The van der Waals surface area contributed by atoms with Crippen molar-refractivity contribution in [1.29, 1.82) is 0 Å². The number of anilines is 1. The number of sulfonamides is 1. The van der Waals surface area contributed by atoms with Gasteiger partial charge in [0.15, 0.2) is 0 Å². The summed E-state index contributed by atoms with van der Waals surface area (Å²) in [5.41, 5.74) is 4.20. The number of benzene rings is 2. The number of nitrogens with one attached hydrogen (secondary N) is 3. The quantitative estimate of drug-likeness (QED) is 0.195. The summed E-state index contributed by atoms with van der Waals surface area (Å²) in [6.07, 6.45) is 3.35. The lowest BCUT2D eigenvalue weighted by Gasteiger charge is -2.24. The van der Waals surface area contributed by atoms with E-state index >= 15 is 0 Å². The van der Waals surface area contributed by atoms with E-state index in [2.05, 4.69) is 20.5 Å². The van der Waals surface area contributed by atoms with Gasteiger partial charge in [0.25, 0.3) is 0 Å². The first-order valence-corrected chi connectivity index (χ1v) is 16.7. The molecule has 2 aliphatic heterocycles. The lowest BCUT2D eigenvalue weighted by atomic mass is 10.00. The van der Waals surface area contributed by atoms with Gasteiger partial charge in [-0.15, -0.1) is 0 Å². The standard InChI is InChI=1S/C33H38N6O8S/c1-22-13-23(2)30(24(3)14-22)48(44,45)37-27(31(41)42)18-38(21-40)29-16-33(47-36-29)15-26(17-35-28-11-7-8-12-34-28)39(20-33)32(43)46-19-25-9-5-4-6-10-25/h4-14,16,21,26-27,36-37H,15,17-20H2,1-3H3,(H,34,35)(H,41,42)/t26?,27?,33-/m0/s1. The molecule has 14 nitrogen and oxygen atoms in total. The van der Waals surface area contributed by atoms with E-state index in [-0.39, 0.29) is 30.3 Å². The Morgan fingerprint density at radius 2 is 1.88 bits per heavy atom. The molecule has 254 valence electrons. The van der Waals surface area contributed by atoms with Gasteiger partial charge in [-0.2, -0.15) is 4.72 Å². The number of pyridine rings is 1. The number of carboxylic acid groups (broad SMARTS) is 1. The summed E-state index contributed by atoms with van der Waals surface area (Å²) >= 11 is 0. The molecule has 5 rings (SSSR count). The Morgan fingerprint density at radius 3 is 2.52 bits per heavy atom. The van der Waals surface area contributed by atoms with Crippen molar-refractivity contribution in [3.63, 3.8) is 0 Å². The number of aromatic nitrogens is 1.